The molecule has 0 aromatic carbocycles. The van der Waals surface area contributed by atoms with Gasteiger partial charge in [-0.05, 0) is 11.4 Å². The Bertz CT molecular complexity index is 765. The summed E-state index contributed by atoms with van der Waals surface area (Å²) in [6.45, 7) is 1.87. The summed E-state index contributed by atoms with van der Waals surface area (Å²) in [6.07, 6.45) is 0. The molecule has 3 heterocycles. The molecule has 1 saturated heterocycles. The summed E-state index contributed by atoms with van der Waals surface area (Å²) in [7, 11) is -0.392. The van der Waals surface area contributed by atoms with Gasteiger partial charge in [-0.25, -0.2) is 8.42 Å². The van der Waals surface area contributed by atoms with Gasteiger partial charge in [-0.15, -0.1) is 11.3 Å². The Morgan fingerprint density at radius 2 is 1.88 bits per heavy atom. The van der Waals surface area contributed by atoms with Crippen LogP contribution in [0.15, 0.2) is 27.8 Å². The molecule has 0 amide bonds. The Kier molecular flexibility index (Phi) is 4.88. The van der Waals surface area contributed by atoms with E-state index in [4.69, 9.17) is 9.47 Å². The van der Waals surface area contributed by atoms with Gasteiger partial charge in [0.15, 0.2) is 0 Å². The van der Waals surface area contributed by atoms with E-state index in [2.05, 4.69) is 9.97 Å². The average Bonchev–Trinajstić information content (AvgIpc) is 3.17. The highest BCUT2D eigenvalue weighted by Gasteiger charge is 2.29. The third-order valence-electron chi connectivity index (χ3n) is 3.71. The van der Waals surface area contributed by atoms with Crippen LogP contribution in [-0.2, 0) is 10.0 Å². The van der Waals surface area contributed by atoms with Gasteiger partial charge in [-0.1, -0.05) is 6.07 Å². The highest BCUT2D eigenvalue weighted by atomic mass is 32.2. The number of hydrogen-bond acceptors (Lipinski definition) is 8. The van der Waals surface area contributed by atoms with E-state index in [-0.39, 0.29) is 6.01 Å². The van der Waals surface area contributed by atoms with E-state index in [9.17, 15) is 8.42 Å². The second-order valence-electron chi connectivity index (χ2n) is 5.08. The van der Waals surface area contributed by atoms with Gasteiger partial charge in [-0.3, -0.25) is 0 Å². The molecule has 130 valence electrons. The number of thiophene rings is 1. The first-order valence-electron chi connectivity index (χ1n) is 7.30. The van der Waals surface area contributed by atoms with E-state index in [1.807, 2.05) is 4.90 Å². The smallest absolute Gasteiger partial charge is 0.321 e. The second kappa shape index (κ2) is 6.91. The van der Waals surface area contributed by atoms with E-state index < -0.39 is 10.0 Å². The number of methoxy groups -OCH3 is 2. The van der Waals surface area contributed by atoms with Gasteiger partial charge < -0.3 is 14.4 Å². The van der Waals surface area contributed by atoms with E-state index in [0.717, 1.165) is 0 Å². The van der Waals surface area contributed by atoms with Crippen molar-refractivity contribution in [3.63, 3.8) is 0 Å². The minimum absolute atomic E-state index is 0.220. The molecule has 1 fully saturated rings. The average molecular weight is 370 g/mol. The maximum absolute atomic E-state index is 12.5. The monoisotopic (exact) mass is 370 g/mol. The van der Waals surface area contributed by atoms with Crippen molar-refractivity contribution in [1.82, 2.24) is 14.3 Å². The Morgan fingerprint density at radius 3 is 2.46 bits per heavy atom. The van der Waals surface area contributed by atoms with Crippen molar-refractivity contribution in [2.75, 3.05) is 45.3 Å². The van der Waals surface area contributed by atoms with Crippen LogP contribution in [-0.4, -0.2) is 63.1 Å². The SMILES string of the molecule is COc1cc(N2CCN(S(=O)(=O)c3cccs3)CC2)nc(OC)n1. The molecule has 0 spiro atoms. The van der Waals surface area contributed by atoms with Gasteiger partial charge >= 0.3 is 6.01 Å². The fraction of sp³-hybridized carbons (Fsp3) is 0.429. The number of ether oxygens (including phenoxy) is 2. The minimum Gasteiger partial charge on any atom is -0.481 e. The molecule has 0 saturated carbocycles. The standard InChI is InChI=1S/C14H18N4O4S2/c1-21-12-10-11(15-14(16-12)22-2)17-5-7-18(8-6-17)24(19,20)13-4-3-9-23-13/h3-4,9-10H,5-8H2,1-2H3. The van der Waals surface area contributed by atoms with Crippen molar-refractivity contribution < 1.29 is 17.9 Å². The van der Waals surface area contributed by atoms with Crippen LogP contribution in [0.5, 0.6) is 11.9 Å². The first kappa shape index (κ1) is 16.9. The van der Waals surface area contributed by atoms with Crippen LogP contribution in [0, 0.1) is 0 Å². The fourth-order valence-electron chi connectivity index (χ4n) is 2.45. The van der Waals surface area contributed by atoms with Gasteiger partial charge in [0.05, 0.1) is 14.2 Å². The van der Waals surface area contributed by atoms with E-state index in [1.165, 1.54) is 29.9 Å². The van der Waals surface area contributed by atoms with Crippen LogP contribution in [0.1, 0.15) is 0 Å². The third-order valence-corrected chi connectivity index (χ3v) is 6.98. The quantitative estimate of drug-likeness (QED) is 0.778. The molecule has 0 unspecified atom stereocenters. The Balaban J connectivity index is 1.74. The molecule has 1 aliphatic rings. The number of aromatic nitrogens is 2. The molecular formula is C14H18N4O4S2. The molecule has 0 aliphatic carbocycles. The van der Waals surface area contributed by atoms with Crippen LogP contribution in [0.25, 0.3) is 0 Å². The zero-order valence-electron chi connectivity index (χ0n) is 13.4. The molecule has 2 aromatic rings. The number of anilines is 1. The molecule has 0 atom stereocenters. The topological polar surface area (TPSA) is 84.9 Å². The molecule has 0 radical (unpaired) electrons. The summed E-state index contributed by atoms with van der Waals surface area (Å²) in [6, 6.07) is 5.31. The number of rotatable bonds is 5. The maximum atomic E-state index is 12.5. The van der Waals surface area contributed by atoms with Crippen molar-refractivity contribution in [3.05, 3.63) is 23.6 Å². The Labute approximate surface area is 144 Å². The molecule has 0 N–H and O–H groups in total. The first-order chi connectivity index (χ1) is 11.5. The Hall–Kier alpha value is -1.91. The van der Waals surface area contributed by atoms with Gasteiger partial charge in [0.2, 0.25) is 5.88 Å². The molecule has 2 aromatic heterocycles. The van der Waals surface area contributed by atoms with Gasteiger partial charge in [0.1, 0.15) is 10.0 Å². The van der Waals surface area contributed by atoms with Crippen LogP contribution < -0.4 is 14.4 Å². The van der Waals surface area contributed by atoms with Gasteiger partial charge in [0, 0.05) is 32.2 Å². The third kappa shape index (κ3) is 3.30. The summed E-state index contributed by atoms with van der Waals surface area (Å²) in [5, 5.41) is 1.77. The number of nitrogens with zero attached hydrogens (tertiary/aromatic N) is 4. The van der Waals surface area contributed by atoms with E-state index >= 15 is 0 Å². The second-order valence-corrected chi connectivity index (χ2v) is 8.19. The molecule has 10 heteroatoms. The summed E-state index contributed by atoms with van der Waals surface area (Å²) < 4.78 is 37.2. The predicted molar refractivity (Wildman–Crippen MR) is 90.4 cm³/mol. The summed E-state index contributed by atoms with van der Waals surface area (Å²) in [4.78, 5) is 10.4. The van der Waals surface area contributed by atoms with Gasteiger partial charge in [0.25, 0.3) is 10.0 Å². The Morgan fingerprint density at radius 1 is 1.12 bits per heavy atom. The van der Waals surface area contributed by atoms with E-state index in [0.29, 0.717) is 42.1 Å². The van der Waals surface area contributed by atoms with Crippen molar-refractivity contribution >= 4 is 27.2 Å². The predicted octanol–water partition coefficient (Wildman–Crippen LogP) is 1.07. The molecule has 3 rings (SSSR count). The maximum Gasteiger partial charge on any atom is 0.321 e. The highest BCUT2D eigenvalue weighted by Crippen LogP contribution is 2.25. The van der Waals surface area contributed by atoms with Crippen LogP contribution in [0.3, 0.4) is 0 Å². The summed E-state index contributed by atoms with van der Waals surface area (Å²) >= 11 is 1.23. The highest BCUT2D eigenvalue weighted by molar-refractivity contribution is 7.91. The molecular weight excluding hydrogens is 352 g/mol. The minimum atomic E-state index is -3.41. The fourth-order valence-corrected chi connectivity index (χ4v) is 5.01. The van der Waals surface area contributed by atoms with Crippen molar-refractivity contribution in [2.24, 2.45) is 0 Å². The molecule has 8 nitrogen and oxygen atoms in total. The van der Waals surface area contributed by atoms with Crippen molar-refractivity contribution in [2.45, 2.75) is 4.21 Å². The number of sulfonamides is 1. The van der Waals surface area contributed by atoms with Crippen LogP contribution >= 0.6 is 11.3 Å². The largest absolute Gasteiger partial charge is 0.481 e. The van der Waals surface area contributed by atoms with Crippen molar-refractivity contribution in [3.8, 4) is 11.9 Å². The lowest BCUT2D eigenvalue weighted by Crippen LogP contribution is -2.48. The lowest BCUT2D eigenvalue weighted by atomic mass is 10.3. The zero-order chi connectivity index (χ0) is 17.2. The normalized spacial score (nSPS) is 16.2. The van der Waals surface area contributed by atoms with Crippen LogP contribution in [0.2, 0.25) is 0 Å². The molecule has 24 heavy (non-hydrogen) atoms. The van der Waals surface area contributed by atoms with E-state index in [1.54, 1.807) is 23.6 Å². The first-order valence-corrected chi connectivity index (χ1v) is 9.62. The number of hydrogen-bond donors (Lipinski definition) is 0. The summed E-state index contributed by atoms with van der Waals surface area (Å²) in [5.74, 6) is 1.07. The van der Waals surface area contributed by atoms with Crippen molar-refractivity contribution in [1.29, 1.82) is 0 Å². The lowest BCUT2D eigenvalue weighted by molar-refractivity contribution is 0.349. The zero-order valence-corrected chi connectivity index (χ0v) is 15.0. The van der Waals surface area contributed by atoms with Crippen LogP contribution in [0.4, 0.5) is 5.82 Å². The summed E-state index contributed by atoms with van der Waals surface area (Å²) in [5.41, 5.74) is 0. The molecule has 0 bridgehead atoms. The van der Waals surface area contributed by atoms with Gasteiger partial charge in [-0.2, -0.15) is 14.3 Å². The lowest BCUT2D eigenvalue weighted by Gasteiger charge is -2.34. The molecule has 1 aliphatic heterocycles. The number of piperazine rings is 1.